The molecule has 0 N–H and O–H groups in total. The lowest BCUT2D eigenvalue weighted by molar-refractivity contribution is -0.115. The molecule has 6 nitrogen and oxygen atoms in total. The Bertz CT molecular complexity index is 1250. The Balaban J connectivity index is 1.58. The molecule has 0 atom stereocenters. The molecule has 4 aromatic rings. The van der Waals surface area contributed by atoms with E-state index in [1.807, 2.05) is 37.4 Å². The fourth-order valence-corrected chi connectivity index (χ4v) is 5.29. The van der Waals surface area contributed by atoms with Gasteiger partial charge in [-0.1, -0.05) is 47.1 Å². The summed E-state index contributed by atoms with van der Waals surface area (Å²) in [6.45, 7) is 5.59. The highest BCUT2D eigenvalue weighted by Crippen LogP contribution is 2.34. The third kappa shape index (κ3) is 4.05. The van der Waals surface area contributed by atoms with Crippen molar-refractivity contribution in [3.05, 3.63) is 62.7 Å². The molecular formula is C20H17Cl2N5OS2. The molecule has 1 amide bonds. The second-order valence-electron chi connectivity index (χ2n) is 6.67. The fraction of sp³-hybridized carbons (Fsp3) is 0.200. The molecule has 0 bridgehead atoms. The van der Waals surface area contributed by atoms with Gasteiger partial charge in [-0.05, 0) is 37.1 Å². The minimum absolute atomic E-state index is 0.0787. The van der Waals surface area contributed by atoms with Crippen LogP contribution < -0.4 is 4.90 Å². The van der Waals surface area contributed by atoms with Crippen LogP contribution >= 0.6 is 46.3 Å². The van der Waals surface area contributed by atoms with Crippen LogP contribution in [0.3, 0.4) is 0 Å². The van der Waals surface area contributed by atoms with Gasteiger partial charge in [0.15, 0.2) is 15.9 Å². The van der Waals surface area contributed by atoms with Gasteiger partial charge < -0.3 is 0 Å². The van der Waals surface area contributed by atoms with Crippen LogP contribution in [0.15, 0.2) is 41.0 Å². The molecular weight excluding hydrogens is 461 g/mol. The average molecular weight is 478 g/mol. The van der Waals surface area contributed by atoms with Crippen LogP contribution in [0.2, 0.25) is 10.0 Å². The van der Waals surface area contributed by atoms with Gasteiger partial charge in [-0.25, -0.2) is 4.98 Å². The van der Waals surface area contributed by atoms with Gasteiger partial charge in [-0.2, -0.15) is 0 Å². The van der Waals surface area contributed by atoms with Crippen molar-refractivity contribution in [2.24, 2.45) is 0 Å². The van der Waals surface area contributed by atoms with Gasteiger partial charge in [0.1, 0.15) is 0 Å². The first-order valence-electron chi connectivity index (χ1n) is 8.99. The minimum Gasteiger partial charge on any atom is -0.275 e. The van der Waals surface area contributed by atoms with E-state index >= 15 is 0 Å². The van der Waals surface area contributed by atoms with E-state index in [0.717, 1.165) is 22.5 Å². The first-order chi connectivity index (χ1) is 14.3. The SMILES string of the molecule is CC(=O)N(c1nc(CSc2nnc3c(Cl)cc(Cl)cn23)cs1)c1cccc(C)c1C. The lowest BCUT2D eigenvalue weighted by atomic mass is 10.1. The number of anilines is 2. The molecule has 0 aliphatic heterocycles. The van der Waals surface area contributed by atoms with Crippen molar-refractivity contribution >= 4 is 68.7 Å². The van der Waals surface area contributed by atoms with E-state index in [0.29, 0.717) is 31.7 Å². The summed E-state index contributed by atoms with van der Waals surface area (Å²) in [4.78, 5) is 18.8. The first kappa shape index (κ1) is 21.1. The molecule has 0 saturated carbocycles. The van der Waals surface area contributed by atoms with E-state index < -0.39 is 0 Å². The summed E-state index contributed by atoms with van der Waals surface area (Å²) < 4.78 is 1.76. The van der Waals surface area contributed by atoms with Gasteiger partial charge in [0.05, 0.1) is 21.4 Å². The summed E-state index contributed by atoms with van der Waals surface area (Å²) in [7, 11) is 0. The van der Waals surface area contributed by atoms with Crippen molar-refractivity contribution in [3.63, 3.8) is 0 Å². The maximum Gasteiger partial charge on any atom is 0.230 e. The van der Waals surface area contributed by atoms with Crippen LogP contribution in [0.1, 0.15) is 23.7 Å². The number of amides is 1. The number of aryl methyl sites for hydroxylation is 1. The number of hydrogen-bond acceptors (Lipinski definition) is 6. The summed E-state index contributed by atoms with van der Waals surface area (Å²) in [5.41, 5.74) is 4.44. The quantitative estimate of drug-likeness (QED) is 0.325. The number of pyridine rings is 1. The van der Waals surface area contributed by atoms with Crippen LogP contribution in [-0.4, -0.2) is 25.5 Å². The highest BCUT2D eigenvalue weighted by molar-refractivity contribution is 7.98. The maximum absolute atomic E-state index is 12.4. The van der Waals surface area contributed by atoms with Crippen molar-refractivity contribution in [3.8, 4) is 0 Å². The lowest BCUT2D eigenvalue weighted by Gasteiger charge is -2.21. The number of carbonyl (C=O) groups excluding carboxylic acids is 1. The predicted molar refractivity (Wildman–Crippen MR) is 123 cm³/mol. The van der Waals surface area contributed by atoms with Crippen LogP contribution in [0, 0.1) is 13.8 Å². The molecule has 154 valence electrons. The topological polar surface area (TPSA) is 63.4 Å². The Labute approximate surface area is 191 Å². The van der Waals surface area contributed by atoms with Gasteiger partial charge in [0, 0.05) is 24.3 Å². The Morgan fingerprint density at radius 1 is 1.27 bits per heavy atom. The Morgan fingerprint density at radius 3 is 2.83 bits per heavy atom. The predicted octanol–water partition coefficient (Wildman–Crippen LogP) is 6.09. The maximum atomic E-state index is 12.4. The summed E-state index contributed by atoms with van der Waals surface area (Å²) >= 11 is 15.2. The number of aromatic nitrogens is 4. The number of fused-ring (bicyclic) bond motifs is 1. The zero-order chi connectivity index (χ0) is 21.4. The number of halogens is 2. The molecule has 3 aromatic heterocycles. The number of thioether (sulfide) groups is 1. The molecule has 0 unspecified atom stereocenters. The van der Waals surface area contributed by atoms with Gasteiger partial charge >= 0.3 is 0 Å². The van der Waals surface area contributed by atoms with Crippen LogP contribution in [0.4, 0.5) is 10.8 Å². The molecule has 3 heterocycles. The number of thiazole rings is 1. The van der Waals surface area contributed by atoms with E-state index in [9.17, 15) is 4.79 Å². The van der Waals surface area contributed by atoms with Crippen LogP contribution in [-0.2, 0) is 10.5 Å². The average Bonchev–Trinajstić information content (AvgIpc) is 3.30. The smallest absolute Gasteiger partial charge is 0.230 e. The summed E-state index contributed by atoms with van der Waals surface area (Å²) in [5, 5.41) is 12.5. The highest BCUT2D eigenvalue weighted by Gasteiger charge is 2.20. The number of carbonyl (C=O) groups is 1. The summed E-state index contributed by atoms with van der Waals surface area (Å²) in [5.74, 6) is 0.491. The van der Waals surface area contributed by atoms with Crippen molar-refractivity contribution in [1.82, 2.24) is 19.6 Å². The first-order valence-corrected chi connectivity index (χ1v) is 11.6. The van der Waals surface area contributed by atoms with Crippen molar-refractivity contribution < 1.29 is 4.79 Å². The van der Waals surface area contributed by atoms with E-state index in [4.69, 9.17) is 23.2 Å². The number of benzene rings is 1. The molecule has 0 spiro atoms. The monoisotopic (exact) mass is 477 g/mol. The second kappa shape index (κ2) is 8.55. The van der Waals surface area contributed by atoms with Crippen LogP contribution in [0.25, 0.3) is 5.65 Å². The molecule has 0 aliphatic rings. The van der Waals surface area contributed by atoms with E-state index in [2.05, 4.69) is 15.2 Å². The van der Waals surface area contributed by atoms with Gasteiger partial charge in [-0.15, -0.1) is 21.5 Å². The molecule has 0 saturated heterocycles. The van der Waals surface area contributed by atoms with E-state index in [1.165, 1.54) is 23.1 Å². The Kier molecular flexibility index (Phi) is 6.02. The number of rotatable bonds is 5. The van der Waals surface area contributed by atoms with Crippen LogP contribution in [0.5, 0.6) is 0 Å². The van der Waals surface area contributed by atoms with Gasteiger partial charge in [0.2, 0.25) is 5.91 Å². The molecule has 10 heteroatoms. The van der Waals surface area contributed by atoms with Gasteiger partial charge in [0.25, 0.3) is 0 Å². The van der Waals surface area contributed by atoms with E-state index in [1.54, 1.807) is 28.5 Å². The van der Waals surface area contributed by atoms with Crippen molar-refractivity contribution in [2.45, 2.75) is 31.7 Å². The molecule has 0 radical (unpaired) electrons. The number of nitrogens with zero attached hydrogens (tertiary/aromatic N) is 5. The molecule has 30 heavy (non-hydrogen) atoms. The molecule has 4 rings (SSSR count). The number of hydrogen-bond donors (Lipinski definition) is 0. The van der Waals surface area contributed by atoms with Crippen molar-refractivity contribution in [1.29, 1.82) is 0 Å². The fourth-order valence-electron chi connectivity index (χ4n) is 2.99. The zero-order valence-electron chi connectivity index (χ0n) is 16.4. The van der Waals surface area contributed by atoms with Crippen molar-refractivity contribution in [2.75, 3.05) is 4.90 Å². The Morgan fingerprint density at radius 2 is 2.07 bits per heavy atom. The highest BCUT2D eigenvalue weighted by atomic mass is 35.5. The zero-order valence-corrected chi connectivity index (χ0v) is 19.5. The Hall–Kier alpha value is -2.13. The van der Waals surface area contributed by atoms with Gasteiger partial charge in [-0.3, -0.25) is 14.1 Å². The molecule has 0 aliphatic carbocycles. The third-order valence-electron chi connectivity index (χ3n) is 4.61. The normalized spacial score (nSPS) is 11.2. The summed E-state index contributed by atoms with van der Waals surface area (Å²) in [6, 6.07) is 7.56. The molecule has 1 aromatic carbocycles. The largest absolute Gasteiger partial charge is 0.275 e. The minimum atomic E-state index is -0.0787. The second-order valence-corrected chi connectivity index (χ2v) is 9.29. The van der Waals surface area contributed by atoms with E-state index in [-0.39, 0.29) is 5.91 Å². The molecule has 0 fully saturated rings. The third-order valence-corrected chi connectivity index (χ3v) is 6.94. The standard InChI is InChI=1S/C20H17Cl2N5OS2/c1-11-5-4-6-17(12(11)2)27(13(3)28)19-23-15(9-29-19)10-30-20-25-24-18-16(22)7-14(21)8-26(18)20/h4-9H,10H2,1-3H3. The lowest BCUT2D eigenvalue weighted by Crippen LogP contribution is -2.23. The summed E-state index contributed by atoms with van der Waals surface area (Å²) in [6.07, 6.45) is 1.73.